The van der Waals surface area contributed by atoms with Crippen LogP contribution in [0.25, 0.3) is 0 Å². The maximum atomic E-state index is 15.0. The van der Waals surface area contributed by atoms with Crippen LogP contribution in [0.5, 0.6) is 0 Å². The predicted octanol–water partition coefficient (Wildman–Crippen LogP) is 5.57. The molecule has 4 nitrogen and oxygen atoms in total. The van der Waals surface area contributed by atoms with Crippen molar-refractivity contribution < 1.29 is 14.0 Å². The number of aryl methyl sites for hydroxylation is 1. The Labute approximate surface area is 192 Å². The van der Waals surface area contributed by atoms with Gasteiger partial charge in [-0.05, 0) is 49.4 Å². The summed E-state index contributed by atoms with van der Waals surface area (Å²) in [4.78, 5) is 29.5. The lowest BCUT2D eigenvalue weighted by atomic mass is 10.0. The third-order valence-electron chi connectivity index (χ3n) is 5.89. The number of benzene rings is 2. The van der Waals surface area contributed by atoms with Crippen LogP contribution in [0.4, 0.5) is 10.1 Å². The molecule has 32 heavy (non-hydrogen) atoms. The summed E-state index contributed by atoms with van der Waals surface area (Å²) in [6, 6.07) is 16.4. The molecule has 0 bridgehead atoms. The van der Waals surface area contributed by atoms with E-state index in [1.165, 1.54) is 22.3 Å². The number of carbonyl (C=O) groups excluding carboxylic acids is 2. The van der Waals surface area contributed by atoms with E-state index in [-0.39, 0.29) is 29.8 Å². The van der Waals surface area contributed by atoms with Crippen LogP contribution < -0.4 is 10.2 Å². The Balaban J connectivity index is 1.77. The second-order valence-electron chi connectivity index (χ2n) is 8.27. The minimum Gasteiger partial charge on any atom is -0.351 e. The second-order valence-corrected chi connectivity index (χ2v) is 9.30. The number of amides is 2. The van der Waals surface area contributed by atoms with Gasteiger partial charge in [-0.3, -0.25) is 14.5 Å². The molecule has 0 aliphatic heterocycles. The van der Waals surface area contributed by atoms with E-state index in [1.54, 1.807) is 18.2 Å². The number of nitrogens with zero attached hydrogens (tertiary/aromatic N) is 1. The van der Waals surface area contributed by atoms with Gasteiger partial charge in [-0.25, -0.2) is 4.39 Å². The molecule has 1 heterocycles. The van der Waals surface area contributed by atoms with Gasteiger partial charge >= 0.3 is 0 Å². The summed E-state index contributed by atoms with van der Waals surface area (Å²) in [5.41, 5.74) is 1.81. The highest BCUT2D eigenvalue weighted by Crippen LogP contribution is 2.32. The molecule has 1 aliphatic rings. The first-order valence-corrected chi connectivity index (χ1v) is 11.9. The lowest BCUT2D eigenvalue weighted by Gasteiger charge is -2.32. The monoisotopic (exact) mass is 450 g/mol. The van der Waals surface area contributed by atoms with Crippen LogP contribution >= 0.6 is 11.3 Å². The summed E-state index contributed by atoms with van der Waals surface area (Å²) < 4.78 is 15.0. The Morgan fingerprint density at radius 1 is 1.06 bits per heavy atom. The van der Waals surface area contributed by atoms with E-state index in [2.05, 4.69) is 5.32 Å². The topological polar surface area (TPSA) is 49.4 Å². The minimum absolute atomic E-state index is 0.0593. The normalized spacial score (nSPS) is 14.8. The third kappa shape index (κ3) is 5.07. The number of thiophene rings is 1. The molecule has 1 aromatic heterocycles. The first-order chi connectivity index (χ1) is 15.5. The van der Waals surface area contributed by atoms with Gasteiger partial charge in [0.2, 0.25) is 11.8 Å². The molecule has 3 aromatic rings. The van der Waals surface area contributed by atoms with Gasteiger partial charge in [-0.2, -0.15) is 0 Å². The van der Waals surface area contributed by atoms with Crippen molar-refractivity contribution in [3.8, 4) is 0 Å². The molecule has 1 saturated carbocycles. The number of hydrogen-bond donors (Lipinski definition) is 1. The van der Waals surface area contributed by atoms with E-state index in [9.17, 15) is 14.0 Å². The fourth-order valence-corrected chi connectivity index (χ4v) is 4.93. The van der Waals surface area contributed by atoms with Crippen molar-refractivity contribution >= 4 is 28.8 Å². The SMILES string of the molecule is Cc1ccc(N(C(=O)Cc2cccs2)C(C(=O)NC2CCCC2)c2ccccc2F)cc1. The highest BCUT2D eigenvalue weighted by molar-refractivity contribution is 7.10. The zero-order valence-corrected chi connectivity index (χ0v) is 18.9. The highest BCUT2D eigenvalue weighted by atomic mass is 32.1. The molecular formula is C26H27FN2O2S. The molecule has 0 radical (unpaired) electrons. The Morgan fingerprint density at radius 2 is 1.78 bits per heavy atom. The van der Waals surface area contributed by atoms with Gasteiger partial charge in [0.1, 0.15) is 11.9 Å². The Hall–Kier alpha value is -2.99. The largest absolute Gasteiger partial charge is 0.351 e. The lowest BCUT2D eigenvalue weighted by Crippen LogP contribution is -2.47. The molecular weight excluding hydrogens is 423 g/mol. The summed E-state index contributed by atoms with van der Waals surface area (Å²) in [7, 11) is 0. The first-order valence-electron chi connectivity index (χ1n) is 11.0. The summed E-state index contributed by atoms with van der Waals surface area (Å²) in [6.45, 7) is 1.96. The Bertz CT molecular complexity index is 1060. The van der Waals surface area contributed by atoms with Crippen LogP contribution in [0.3, 0.4) is 0 Å². The van der Waals surface area contributed by atoms with Gasteiger partial charge in [0.25, 0.3) is 0 Å². The van der Waals surface area contributed by atoms with Gasteiger partial charge in [-0.1, -0.05) is 54.8 Å². The molecule has 1 unspecified atom stereocenters. The predicted molar refractivity (Wildman–Crippen MR) is 126 cm³/mol. The molecule has 1 atom stereocenters. The van der Waals surface area contributed by atoms with Crippen LogP contribution in [0.15, 0.2) is 66.0 Å². The van der Waals surface area contributed by atoms with Crippen molar-refractivity contribution in [1.29, 1.82) is 0 Å². The van der Waals surface area contributed by atoms with E-state index >= 15 is 0 Å². The molecule has 166 valence electrons. The zero-order valence-electron chi connectivity index (χ0n) is 18.1. The van der Waals surface area contributed by atoms with Crippen LogP contribution in [0.1, 0.15) is 47.7 Å². The van der Waals surface area contributed by atoms with Crippen LogP contribution in [-0.2, 0) is 16.0 Å². The van der Waals surface area contributed by atoms with Crippen molar-refractivity contribution in [1.82, 2.24) is 5.32 Å². The molecule has 0 saturated heterocycles. The Kier molecular flexibility index (Phi) is 7.00. The van der Waals surface area contributed by atoms with Gasteiger partial charge < -0.3 is 5.32 Å². The van der Waals surface area contributed by atoms with E-state index in [4.69, 9.17) is 0 Å². The zero-order chi connectivity index (χ0) is 22.5. The van der Waals surface area contributed by atoms with E-state index in [1.807, 2.05) is 48.7 Å². The molecule has 1 aliphatic carbocycles. The average molecular weight is 451 g/mol. The summed E-state index contributed by atoms with van der Waals surface area (Å²) in [5.74, 6) is -1.09. The number of anilines is 1. The summed E-state index contributed by atoms with van der Waals surface area (Å²) in [6.07, 6.45) is 4.09. The van der Waals surface area contributed by atoms with Crippen LogP contribution in [-0.4, -0.2) is 17.9 Å². The summed E-state index contributed by atoms with van der Waals surface area (Å²) >= 11 is 1.49. The minimum atomic E-state index is -1.09. The molecule has 1 N–H and O–H groups in total. The molecule has 0 spiro atoms. The number of hydrogen-bond acceptors (Lipinski definition) is 3. The van der Waals surface area contributed by atoms with Crippen LogP contribution in [0.2, 0.25) is 0 Å². The van der Waals surface area contributed by atoms with E-state index in [0.29, 0.717) is 5.69 Å². The highest BCUT2D eigenvalue weighted by Gasteiger charge is 2.35. The smallest absolute Gasteiger partial charge is 0.248 e. The van der Waals surface area contributed by atoms with E-state index < -0.39 is 11.9 Å². The van der Waals surface area contributed by atoms with E-state index in [0.717, 1.165) is 36.1 Å². The van der Waals surface area contributed by atoms with Gasteiger partial charge in [0.05, 0.1) is 6.42 Å². The molecule has 6 heteroatoms. The quantitative estimate of drug-likeness (QED) is 0.511. The van der Waals surface area contributed by atoms with Crippen molar-refractivity contribution in [3.05, 3.63) is 87.9 Å². The average Bonchev–Trinajstić information content (AvgIpc) is 3.48. The van der Waals surface area contributed by atoms with Crippen LogP contribution in [0, 0.1) is 12.7 Å². The fourth-order valence-electron chi connectivity index (χ4n) is 4.23. The van der Waals surface area contributed by atoms with Crippen molar-refractivity contribution in [3.63, 3.8) is 0 Å². The van der Waals surface area contributed by atoms with Crippen molar-refractivity contribution in [2.45, 2.75) is 51.1 Å². The molecule has 2 aromatic carbocycles. The van der Waals surface area contributed by atoms with Gasteiger partial charge in [-0.15, -0.1) is 11.3 Å². The lowest BCUT2D eigenvalue weighted by molar-refractivity contribution is -0.127. The standard InChI is InChI=1S/C26H27FN2O2S/c1-18-12-14-20(15-13-18)29(24(30)17-21-9-6-16-32-21)25(22-10-4-5-11-23(22)27)26(31)28-19-7-2-3-8-19/h4-6,9-16,19,25H,2-3,7-8,17H2,1H3,(H,28,31). The number of nitrogens with one attached hydrogen (secondary N) is 1. The Morgan fingerprint density at radius 3 is 2.44 bits per heavy atom. The number of rotatable bonds is 7. The van der Waals surface area contributed by atoms with Crippen molar-refractivity contribution in [2.24, 2.45) is 0 Å². The summed E-state index contributed by atoms with van der Waals surface area (Å²) in [5, 5.41) is 5.00. The second kappa shape index (κ2) is 10.1. The fraction of sp³-hybridized carbons (Fsp3) is 0.308. The maximum Gasteiger partial charge on any atom is 0.248 e. The molecule has 1 fully saturated rings. The maximum absolute atomic E-state index is 15.0. The molecule has 2 amide bonds. The first kappa shape index (κ1) is 22.2. The molecule has 4 rings (SSSR count). The number of carbonyl (C=O) groups is 2. The van der Waals surface area contributed by atoms with Gasteiger partial charge in [0, 0.05) is 22.2 Å². The van der Waals surface area contributed by atoms with Gasteiger partial charge in [0.15, 0.2) is 0 Å². The number of halogens is 1. The van der Waals surface area contributed by atoms with Crippen molar-refractivity contribution in [2.75, 3.05) is 4.90 Å². The third-order valence-corrected chi connectivity index (χ3v) is 6.77.